The molecule has 0 radical (unpaired) electrons. The van der Waals surface area contributed by atoms with Crippen LogP contribution in [0.5, 0.6) is 0 Å². The summed E-state index contributed by atoms with van der Waals surface area (Å²) < 4.78 is 28.5. The zero-order valence-corrected chi connectivity index (χ0v) is 13.5. The van der Waals surface area contributed by atoms with Gasteiger partial charge in [0.1, 0.15) is 23.7 Å². The van der Waals surface area contributed by atoms with Crippen LogP contribution in [0.1, 0.15) is 16.1 Å². The highest BCUT2D eigenvalue weighted by atomic mass is 19.1. The Morgan fingerprint density at radius 3 is 2.42 bits per heavy atom. The number of carbonyl (C=O) groups is 1. The van der Waals surface area contributed by atoms with Gasteiger partial charge in [-0.25, -0.2) is 13.5 Å². The van der Waals surface area contributed by atoms with Crippen LogP contribution in [0.25, 0.3) is 10.8 Å². The average molecular weight is 353 g/mol. The van der Waals surface area contributed by atoms with Crippen LogP contribution in [-0.4, -0.2) is 15.7 Å². The van der Waals surface area contributed by atoms with Crippen molar-refractivity contribution in [1.29, 1.82) is 0 Å². The Hall–Kier alpha value is -3.53. The summed E-state index contributed by atoms with van der Waals surface area (Å²) in [7, 11) is 0. The lowest BCUT2D eigenvalue weighted by Crippen LogP contribution is -2.29. The van der Waals surface area contributed by atoms with Crippen LogP contribution in [-0.2, 0) is 13.1 Å². The van der Waals surface area contributed by atoms with Crippen LogP contribution in [0.15, 0.2) is 47.3 Å². The predicted molar refractivity (Wildman–Crippen MR) is 92.4 cm³/mol. The molecule has 7 heteroatoms. The third-order valence-corrected chi connectivity index (χ3v) is 3.79. The van der Waals surface area contributed by atoms with E-state index in [1.807, 2.05) is 0 Å². The maximum absolute atomic E-state index is 13.7. The second-order valence-electron chi connectivity index (χ2n) is 5.44. The van der Waals surface area contributed by atoms with Crippen LogP contribution in [0.2, 0.25) is 0 Å². The van der Waals surface area contributed by atoms with Gasteiger partial charge in [-0.1, -0.05) is 30.2 Å². The molecule has 130 valence electrons. The number of fused-ring (bicyclic) bond motifs is 1. The summed E-state index contributed by atoms with van der Waals surface area (Å²) in [6, 6.07) is 9.88. The van der Waals surface area contributed by atoms with Crippen molar-refractivity contribution in [3.63, 3.8) is 0 Å². The molecule has 3 aromatic rings. The van der Waals surface area contributed by atoms with Crippen LogP contribution >= 0.6 is 0 Å². The van der Waals surface area contributed by atoms with Crippen molar-refractivity contribution in [3.8, 4) is 12.3 Å². The zero-order chi connectivity index (χ0) is 18.7. The van der Waals surface area contributed by atoms with E-state index in [9.17, 15) is 18.4 Å². The molecule has 0 aliphatic carbocycles. The number of carbonyl (C=O) groups excluding carboxylic acids is 1. The topological polar surface area (TPSA) is 64.0 Å². The number of nitrogens with zero attached hydrogens (tertiary/aromatic N) is 2. The van der Waals surface area contributed by atoms with E-state index in [1.54, 1.807) is 24.3 Å². The van der Waals surface area contributed by atoms with Crippen molar-refractivity contribution in [2.75, 3.05) is 0 Å². The first kappa shape index (κ1) is 17.3. The molecule has 1 amide bonds. The average Bonchev–Trinajstić information content (AvgIpc) is 2.63. The first-order chi connectivity index (χ1) is 12.5. The Morgan fingerprint density at radius 2 is 1.77 bits per heavy atom. The maximum atomic E-state index is 13.7. The minimum atomic E-state index is -0.961. The van der Waals surface area contributed by atoms with E-state index >= 15 is 0 Å². The molecule has 0 bridgehead atoms. The number of benzene rings is 2. The smallest absolute Gasteiger partial charge is 0.275 e. The van der Waals surface area contributed by atoms with Crippen molar-refractivity contribution < 1.29 is 13.6 Å². The molecule has 0 aliphatic rings. The quantitative estimate of drug-likeness (QED) is 0.732. The summed E-state index contributed by atoms with van der Waals surface area (Å²) in [5.74, 6) is -0.500. The van der Waals surface area contributed by atoms with Crippen LogP contribution in [0.3, 0.4) is 0 Å². The Balaban J connectivity index is 1.96. The van der Waals surface area contributed by atoms with Gasteiger partial charge in [0.2, 0.25) is 0 Å². The van der Waals surface area contributed by atoms with Gasteiger partial charge < -0.3 is 5.32 Å². The van der Waals surface area contributed by atoms with E-state index in [2.05, 4.69) is 16.3 Å². The number of rotatable bonds is 4. The number of aromatic nitrogens is 2. The van der Waals surface area contributed by atoms with Gasteiger partial charge in [0, 0.05) is 5.39 Å². The first-order valence-electron chi connectivity index (χ1n) is 7.67. The zero-order valence-electron chi connectivity index (χ0n) is 13.5. The minimum Gasteiger partial charge on any atom is -0.346 e. The molecule has 0 atom stereocenters. The molecule has 1 heterocycles. The van der Waals surface area contributed by atoms with Crippen molar-refractivity contribution in [1.82, 2.24) is 15.1 Å². The van der Waals surface area contributed by atoms with Crippen molar-refractivity contribution in [3.05, 3.63) is 75.7 Å². The number of hydrogen-bond acceptors (Lipinski definition) is 3. The highest BCUT2D eigenvalue weighted by Gasteiger charge is 2.18. The van der Waals surface area contributed by atoms with Gasteiger partial charge in [0.25, 0.3) is 11.5 Å². The van der Waals surface area contributed by atoms with E-state index in [0.717, 1.165) is 16.8 Å². The summed E-state index contributed by atoms with van der Waals surface area (Å²) in [6.45, 7) is -0.162. The number of halogens is 2. The molecule has 0 saturated heterocycles. The summed E-state index contributed by atoms with van der Waals surface area (Å²) in [6.07, 6.45) is 5.25. The molecule has 0 aliphatic heterocycles. The standard InChI is InChI=1S/C19H13F2N3O2/c1-2-10-24-19(26)13-7-4-3-6-12(13)16(23-24)11-22-18(25)17-14(20)8-5-9-15(17)21/h1,3-9H,10-11H2,(H,22,25). The van der Waals surface area contributed by atoms with Gasteiger partial charge in [0.05, 0.1) is 17.6 Å². The van der Waals surface area contributed by atoms with E-state index in [-0.39, 0.29) is 18.6 Å². The lowest BCUT2D eigenvalue weighted by Gasteiger charge is -2.11. The van der Waals surface area contributed by atoms with E-state index in [4.69, 9.17) is 6.42 Å². The molecule has 0 spiro atoms. The molecule has 0 unspecified atom stereocenters. The first-order valence-corrected chi connectivity index (χ1v) is 7.67. The lowest BCUT2D eigenvalue weighted by atomic mass is 10.1. The van der Waals surface area contributed by atoms with E-state index in [0.29, 0.717) is 16.5 Å². The molecule has 1 aromatic heterocycles. The number of nitrogens with one attached hydrogen (secondary N) is 1. The van der Waals surface area contributed by atoms with E-state index in [1.165, 1.54) is 6.07 Å². The minimum absolute atomic E-state index is 0.0352. The summed E-state index contributed by atoms with van der Waals surface area (Å²) in [5, 5.41) is 7.51. The summed E-state index contributed by atoms with van der Waals surface area (Å²) >= 11 is 0. The summed E-state index contributed by atoms with van der Waals surface area (Å²) in [5.41, 5.74) is -0.664. The van der Waals surface area contributed by atoms with Crippen molar-refractivity contribution in [2.24, 2.45) is 0 Å². The van der Waals surface area contributed by atoms with E-state index < -0.39 is 23.1 Å². The van der Waals surface area contributed by atoms with Gasteiger partial charge in [0.15, 0.2) is 0 Å². The van der Waals surface area contributed by atoms with Crippen LogP contribution < -0.4 is 10.9 Å². The fourth-order valence-corrected chi connectivity index (χ4v) is 2.60. The monoisotopic (exact) mass is 353 g/mol. The fraction of sp³-hybridized carbons (Fsp3) is 0.105. The summed E-state index contributed by atoms with van der Waals surface area (Å²) in [4.78, 5) is 24.5. The molecule has 0 saturated carbocycles. The van der Waals surface area contributed by atoms with Gasteiger partial charge in [-0.2, -0.15) is 5.10 Å². The predicted octanol–water partition coefficient (Wildman–Crippen LogP) is 2.24. The van der Waals surface area contributed by atoms with Crippen LogP contribution in [0, 0.1) is 24.0 Å². The number of terminal acetylenes is 1. The highest BCUT2D eigenvalue weighted by Crippen LogP contribution is 2.15. The second kappa shape index (κ2) is 7.15. The molecule has 2 aromatic carbocycles. The van der Waals surface area contributed by atoms with Gasteiger partial charge in [-0.15, -0.1) is 6.42 Å². The molecular formula is C19H13F2N3O2. The number of hydrogen-bond donors (Lipinski definition) is 1. The highest BCUT2D eigenvalue weighted by molar-refractivity contribution is 5.95. The second-order valence-corrected chi connectivity index (χ2v) is 5.44. The Labute approximate surface area is 147 Å². The third kappa shape index (κ3) is 3.17. The largest absolute Gasteiger partial charge is 0.346 e. The van der Waals surface area contributed by atoms with Crippen LogP contribution in [0.4, 0.5) is 8.78 Å². The molecule has 0 fully saturated rings. The Bertz CT molecular complexity index is 1080. The molecule has 26 heavy (non-hydrogen) atoms. The van der Waals surface area contributed by atoms with Gasteiger partial charge in [-0.05, 0) is 18.2 Å². The van der Waals surface area contributed by atoms with Gasteiger partial charge >= 0.3 is 0 Å². The number of amides is 1. The van der Waals surface area contributed by atoms with Crippen molar-refractivity contribution in [2.45, 2.75) is 13.1 Å². The maximum Gasteiger partial charge on any atom is 0.275 e. The fourth-order valence-electron chi connectivity index (χ4n) is 2.60. The molecular weight excluding hydrogens is 340 g/mol. The molecule has 3 rings (SSSR count). The third-order valence-electron chi connectivity index (χ3n) is 3.79. The molecule has 1 N–H and O–H groups in total. The Kier molecular flexibility index (Phi) is 4.76. The SMILES string of the molecule is C#CCn1nc(CNC(=O)c2c(F)cccc2F)c2ccccc2c1=O. The molecule has 5 nitrogen and oxygen atoms in total. The Morgan fingerprint density at radius 1 is 1.12 bits per heavy atom. The van der Waals surface area contributed by atoms with Gasteiger partial charge in [-0.3, -0.25) is 9.59 Å². The normalized spacial score (nSPS) is 10.5. The van der Waals surface area contributed by atoms with Crippen molar-refractivity contribution >= 4 is 16.7 Å². The lowest BCUT2D eigenvalue weighted by molar-refractivity contribution is 0.0942.